The van der Waals surface area contributed by atoms with Gasteiger partial charge < -0.3 is 19.8 Å². The van der Waals surface area contributed by atoms with Gasteiger partial charge in [0.05, 0.1) is 18.9 Å². The quantitative estimate of drug-likeness (QED) is 0.825. The van der Waals surface area contributed by atoms with E-state index in [1.54, 1.807) is 18.2 Å². The average molecular weight is 251 g/mol. The van der Waals surface area contributed by atoms with Crippen LogP contribution in [0.25, 0.3) is 0 Å². The largest absolute Gasteiger partial charge is 0.478 e. The first kappa shape index (κ1) is 12.9. The predicted octanol–water partition coefficient (Wildman–Crippen LogP) is 0.675. The summed E-state index contributed by atoms with van der Waals surface area (Å²) in [6.07, 6.45) is 0.0890. The second-order valence-electron chi connectivity index (χ2n) is 4.19. The van der Waals surface area contributed by atoms with E-state index >= 15 is 0 Å². The summed E-state index contributed by atoms with van der Waals surface area (Å²) in [6.45, 7) is 1.92. The van der Waals surface area contributed by atoms with Gasteiger partial charge in [0.15, 0.2) is 6.10 Å². The summed E-state index contributed by atoms with van der Waals surface area (Å²) in [5.41, 5.74) is 1.33. The molecule has 1 atom stereocenters. The topological polar surface area (TPSA) is 70.0 Å². The molecule has 0 saturated carbocycles. The standard InChI is InChI=1S/C13H17NO4/c1-2-11-13(17)14(5-6-15)10-7-9(8-16)3-4-12(10)18-11/h3-4,7,11,15-16H,2,5-6,8H2,1H3. The monoisotopic (exact) mass is 251 g/mol. The SMILES string of the molecule is CCC1Oc2ccc(CO)cc2N(CCO)C1=O. The van der Waals surface area contributed by atoms with Crippen molar-refractivity contribution in [2.75, 3.05) is 18.1 Å². The summed E-state index contributed by atoms with van der Waals surface area (Å²) in [4.78, 5) is 13.7. The molecule has 5 nitrogen and oxygen atoms in total. The van der Waals surface area contributed by atoms with Gasteiger partial charge in [0, 0.05) is 6.54 Å². The van der Waals surface area contributed by atoms with E-state index in [-0.39, 0.29) is 25.7 Å². The maximum atomic E-state index is 12.1. The fourth-order valence-corrected chi connectivity index (χ4v) is 2.06. The van der Waals surface area contributed by atoms with Gasteiger partial charge in [-0.1, -0.05) is 13.0 Å². The fraction of sp³-hybridized carbons (Fsp3) is 0.462. The smallest absolute Gasteiger partial charge is 0.268 e. The molecule has 1 aromatic carbocycles. The Morgan fingerprint density at radius 2 is 2.17 bits per heavy atom. The van der Waals surface area contributed by atoms with Gasteiger partial charge in [-0.2, -0.15) is 0 Å². The van der Waals surface area contributed by atoms with Crippen molar-refractivity contribution >= 4 is 11.6 Å². The van der Waals surface area contributed by atoms with Crippen LogP contribution in [0.2, 0.25) is 0 Å². The van der Waals surface area contributed by atoms with Gasteiger partial charge in [0.2, 0.25) is 0 Å². The number of anilines is 1. The van der Waals surface area contributed by atoms with Crippen LogP contribution < -0.4 is 9.64 Å². The highest BCUT2D eigenvalue weighted by atomic mass is 16.5. The minimum Gasteiger partial charge on any atom is -0.478 e. The van der Waals surface area contributed by atoms with Gasteiger partial charge in [-0.25, -0.2) is 0 Å². The lowest BCUT2D eigenvalue weighted by Gasteiger charge is -2.34. The van der Waals surface area contributed by atoms with Crippen molar-refractivity contribution in [2.24, 2.45) is 0 Å². The number of fused-ring (bicyclic) bond motifs is 1. The summed E-state index contributed by atoms with van der Waals surface area (Å²) in [7, 11) is 0. The number of aliphatic hydroxyl groups is 2. The summed E-state index contributed by atoms with van der Waals surface area (Å²) in [5.74, 6) is 0.473. The van der Waals surface area contributed by atoms with Gasteiger partial charge in [-0.3, -0.25) is 4.79 Å². The molecule has 0 aliphatic carbocycles. The van der Waals surface area contributed by atoms with Crippen LogP contribution >= 0.6 is 0 Å². The molecule has 0 spiro atoms. The Balaban J connectivity index is 2.42. The lowest BCUT2D eigenvalue weighted by Crippen LogP contribution is -2.46. The molecular formula is C13H17NO4. The summed E-state index contributed by atoms with van der Waals surface area (Å²) in [6, 6.07) is 5.23. The first-order chi connectivity index (χ1) is 8.71. The third-order valence-electron chi connectivity index (χ3n) is 3.00. The van der Waals surface area contributed by atoms with Crippen molar-refractivity contribution in [3.63, 3.8) is 0 Å². The van der Waals surface area contributed by atoms with Crippen LogP contribution in [-0.2, 0) is 11.4 Å². The highest BCUT2D eigenvalue weighted by molar-refractivity contribution is 6.00. The van der Waals surface area contributed by atoms with E-state index in [0.29, 0.717) is 23.4 Å². The minimum atomic E-state index is -0.496. The predicted molar refractivity (Wildman–Crippen MR) is 66.5 cm³/mol. The van der Waals surface area contributed by atoms with E-state index in [1.165, 1.54) is 4.90 Å². The van der Waals surface area contributed by atoms with Gasteiger partial charge in [0.1, 0.15) is 5.75 Å². The van der Waals surface area contributed by atoms with E-state index in [2.05, 4.69) is 0 Å². The molecule has 1 aromatic rings. The Labute approximate surface area is 106 Å². The van der Waals surface area contributed by atoms with Crippen molar-refractivity contribution < 1.29 is 19.7 Å². The number of ether oxygens (including phenoxy) is 1. The first-order valence-electron chi connectivity index (χ1n) is 6.04. The van der Waals surface area contributed by atoms with Crippen LogP contribution in [-0.4, -0.2) is 35.4 Å². The van der Waals surface area contributed by atoms with Crippen LogP contribution in [0.5, 0.6) is 5.75 Å². The summed E-state index contributed by atoms with van der Waals surface area (Å²) >= 11 is 0. The fourth-order valence-electron chi connectivity index (χ4n) is 2.06. The first-order valence-corrected chi connectivity index (χ1v) is 6.04. The number of hydrogen-bond acceptors (Lipinski definition) is 4. The minimum absolute atomic E-state index is 0.0916. The highest BCUT2D eigenvalue weighted by Gasteiger charge is 2.32. The maximum Gasteiger partial charge on any atom is 0.268 e. The Morgan fingerprint density at radius 3 is 2.78 bits per heavy atom. The zero-order valence-electron chi connectivity index (χ0n) is 10.3. The van der Waals surface area contributed by atoms with E-state index < -0.39 is 6.10 Å². The molecular weight excluding hydrogens is 234 g/mol. The zero-order chi connectivity index (χ0) is 13.1. The third-order valence-corrected chi connectivity index (χ3v) is 3.00. The number of rotatable bonds is 4. The molecule has 1 aliphatic rings. The normalized spacial score (nSPS) is 18.5. The van der Waals surface area contributed by atoms with Crippen LogP contribution in [0, 0.1) is 0 Å². The van der Waals surface area contributed by atoms with Gasteiger partial charge >= 0.3 is 0 Å². The lowest BCUT2D eigenvalue weighted by molar-refractivity contribution is -0.126. The average Bonchev–Trinajstić information content (AvgIpc) is 2.41. The number of carbonyl (C=O) groups excluding carboxylic acids is 1. The third kappa shape index (κ3) is 2.19. The molecule has 2 N–H and O–H groups in total. The molecule has 0 bridgehead atoms. The molecule has 1 unspecified atom stereocenters. The van der Waals surface area contributed by atoms with Crippen molar-refractivity contribution in [3.05, 3.63) is 23.8 Å². The number of carbonyl (C=O) groups is 1. The van der Waals surface area contributed by atoms with Crippen LogP contribution in [0.1, 0.15) is 18.9 Å². The second kappa shape index (κ2) is 5.37. The number of amides is 1. The molecule has 0 radical (unpaired) electrons. The molecule has 1 aliphatic heterocycles. The Bertz CT molecular complexity index is 447. The van der Waals surface area contributed by atoms with Crippen LogP contribution in [0.15, 0.2) is 18.2 Å². The molecule has 0 aromatic heterocycles. The van der Waals surface area contributed by atoms with E-state index in [9.17, 15) is 4.79 Å². The Morgan fingerprint density at radius 1 is 1.39 bits per heavy atom. The molecule has 2 rings (SSSR count). The zero-order valence-corrected chi connectivity index (χ0v) is 10.3. The Kier molecular flexibility index (Phi) is 3.84. The van der Waals surface area contributed by atoms with Crippen LogP contribution in [0.3, 0.4) is 0 Å². The van der Waals surface area contributed by atoms with Crippen molar-refractivity contribution in [3.8, 4) is 5.75 Å². The van der Waals surface area contributed by atoms with Crippen molar-refractivity contribution in [1.29, 1.82) is 0 Å². The highest BCUT2D eigenvalue weighted by Crippen LogP contribution is 2.35. The maximum absolute atomic E-state index is 12.1. The van der Waals surface area contributed by atoms with Crippen molar-refractivity contribution in [1.82, 2.24) is 0 Å². The molecule has 0 fully saturated rings. The van der Waals surface area contributed by atoms with E-state index in [0.717, 1.165) is 0 Å². The van der Waals surface area contributed by atoms with E-state index in [1.807, 2.05) is 6.92 Å². The lowest BCUT2D eigenvalue weighted by atomic mass is 10.1. The Hall–Kier alpha value is -1.59. The summed E-state index contributed by atoms with van der Waals surface area (Å²) < 4.78 is 5.61. The van der Waals surface area contributed by atoms with Gasteiger partial charge in [-0.15, -0.1) is 0 Å². The number of hydrogen-bond donors (Lipinski definition) is 2. The van der Waals surface area contributed by atoms with Crippen LogP contribution in [0.4, 0.5) is 5.69 Å². The number of β-amino-alcohol motifs (C(OH)–C–C–N with tert-alkyl or cyclic N) is 1. The van der Waals surface area contributed by atoms with Gasteiger partial charge in [-0.05, 0) is 24.1 Å². The second-order valence-corrected chi connectivity index (χ2v) is 4.19. The van der Waals surface area contributed by atoms with Crippen molar-refractivity contribution in [2.45, 2.75) is 26.1 Å². The molecule has 98 valence electrons. The molecule has 1 amide bonds. The number of benzene rings is 1. The molecule has 5 heteroatoms. The summed E-state index contributed by atoms with van der Waals surface area (Å²) in [5, 5.41) is 18.2. The molecule has 18 heavy (non-hydrogen) atoms. The molecule has 0 saturated heterocycles. The van der Waals surface area contributed by atoms with Gasteiger partial charge in [0.25, 0.3) is 5.91 Å². The van der Waals surface area contributed by atoms with E-state index in [4.69, 9.17) is 14.9 Å². The number of nitrogens with zero attached hydrogens (tertiary/aromatic N) is 1. The molecule has 1 heterocycles. The number of aliphatic hydroxyl groups excluding tert-OH is 2.